The van der Waals surface area contributed by atoms with E-state index in [1.165, 1.54) is 18.2 Å². The summed E-state index contributed by atoms with van der Waals surface area (Å²) in [5, 5.41) is 0.912. The van der Waals surface area contributed by atoms with Gasteiger partial charge in [0.05, 0.1) is 6.04 Å². The number of amides is 1. The third-order valence-corrected chi connectivity index (χ3v) is 5.40. The Bertz CT molecular complexity index is 1120. The van der Waals surface area contributed by atoms with Crippen molar-refractivity contribution in [3.8, 4) is 0 Å². The Morgan fingerprint density at radius 2 is 1.90 bits per heavy atom. The number of pyridine rings is 1. The van der Waals surface area contributed by atoms with Crippen molar-refractivity contribution in [2.45, 2.75) is 6.04 Å². The Hall–Kier alpha value is -3.25. The van der Waals surface area contributed by atoms with E-state index in [4.69, 9.17) is 0 Å². The van der Waals surface area contributed by atoms with Gasteiger partial charge < -0.3 is 9.88 Å². The van der Waals surface area contributed by atoms with E-state index in [0.29, 0.717) is 18.7 Å². The summed E-state index contributed by atoms with van der Waals surface area (Å²) < 4.78 is 13.2. The Morgan fingerprint density at radius 3 is 2.69 bits per heavy atom. The van der Waals surface area contributed by atoms with E-state index >= 15 is 0 Å². The predicted molar refractivity (Wildman–Crippen MR) is 112 cm³/mol. The Balaban J connectivity index is 1.51. The number of fused-ring (bicyclic) bond motifs is 1. The van der Waals surface area contributed by atoms with Crippen LogP contribution in [-0.2, 0) is 4.79 Å². The van der Waals surface area contributed by atoms with Crippen molar-refractivity contribution in [1.29, 1.82) is 0 Å². The number of H-pyrrole nitrogens is 1. The third-order valence-electron chi connectivity index (χ3n) is 5.40. The van der Waals surface area contributed by atoms with Crippen LogP contribution in [-0.4, -0.2) is 47.4 Å². The molecule has 4 rings (SSSR count). The summed E-state index contributed by atoms with van der Waals surface area (Å²) >= 11 is 0. The summed E-state index contributed by atoms with van der Waals surface area (Å²) in [4.78, 5) is 31.7. The molecule has 3 aromatic rings. The second-order valence-electron chi connectivity index (χ2n) is 7.31. The van der Waals surface area contributed by atoms with Gasteiger partial charge in [-0.15, -0.1) is 0 Å². The van der Waals surface area contributed by atoms with Gasteiger partial charge in [0.15, 0.2) is 0 Å². The molecule has 148 valence electrons. The third kappa shape index (κ3) is 4.12. The average molecular weight is 391 g/mol. The zero-order valence-corrected chi connectivity index (χ0v) is 16.1. The van der Waals surface area contributed by atoms with Crippen LogP contribution in [0.25, 0.3) is 17.0 Å². The molecule has 0 aliphatic carbocycles. The van der Waals surface area contributed by atoms with Crippen LogP contribution >= 0.6 is 0 Å². The molecule has 0 bridgehead atoms. The Kier molecular flexibility index (Phi) is 5.27. The van der Waals surface area contributed by atoms with Crippen LogP contribution in [0.4, 0.5) is 4.39 Å². The van der Waals surface area contributed by atoms with Crippen LogP contribution in [0.3, 0.4) is 0 Å². The van der Waals surface area contributed by atoms with Crippen LogP contribution in [0.2, 0.25) is 0 Å². The highest BCUT2D eigenvalue weighted by molar-refractivity contribution is 5.92. The molecule has 1 N–H and O–H groups in total. The molecule has 1 aliphatic heterocycles. The minimum atomic E-state index is -0.274. The first-order valence-electron chi connectivity index (χ1n) is 9.56. The van der Waals surface area contributed by atoms with Crippen LogP contribution in [0.1, 0.15) is 17.2 Å². The highest BCUT2D eigenvalue weighted by Gasteiger charge is 2.27. The molecular weight excluding hydrogens is 369 g/mol. The number of piperazine rings is 1. The average Bonchev–Trinajstić information content (AvgIpc) is 2.73. The smallest absolute Gasteiger partial charge is 0.255 e. The predicted octanol–water partition coefficient (Wildman–Crippen LogP) is 3.20. The van der Waals surface area contributed by atoms with Crippen molar-refractivity contribution in [2.75, 3.05) is 26.7 Å². The fourth-order valence-corrected chi connectivity index (χ4v) is 3.67. The maximum absolute atomic E-state index is 13.2. The minimum absolute atomic E-state index is 0.00534. The van der Waals surface area contributed by atoms with Crippen molar-refractivity contribution < 1.29 is 9.18 Å². The number of aromatic nitrogens is 1. The number of carbonyl (C=O) groups is 1. The van der Waals surface area contributed by atoms with Crippen LogP contribution in [0, 0.1) is 5.82 Å². The number of likely N-dealkylation sites (N-methyl/N-ethyl adjacent to an activating group) is 1. The quantitative estimate of drug-likeness (QED) is 0.698. The van der Waals surface area contributed by atoms with E-state index in [9.17, 15) is 14.0 Å². The number of halogens is 1. The normalized spacial score (nSPS) is 17.9. The molecule has 1 unspecified atom stereocenters. The maximum atomic E-state index is 13.2. The summed E-state index contributed by atoms with van der Waals surface area (Å²) in [5.74, 6) is -0.415. The Morgan fingerprint density at radius 1 is 1.14 bits per heavy atom. The lowest BCUT2D eigenvalue weighted by Gasteiger charge is -2.39. The van der Waals surface area contributed by atoms with Crippen LogP contribution in [0.15, 0.2) is 65.5 Å². The van der Waals surface area contributed by atoms with Gasteiger partial charge in [-0.1, -0.05) is 30.3 Å². The highest BCUT2D eigenvalue weighted by Crippen LogP contribution is 2.24. The number of para-hydroxylation sites is 1. The number of nitrogens with zero attached hydrogens (tertiary/aromatic N) is 2. The van der Waals surface area contributed by atoms with Crippen molar-refractivity contribution in [2.24, 2.45) is 0 Å². The number of carbonyl (C=O) groups excluding carboxylic acids is 1. The summed E-state index contributed by atoms with van der Waals surface area (Å²) in [6, 6.07) is 15.7. The van der Waals surface area contributed by atoms with Gasteiger partial charge in [-0.25, -0.2) is 4.39 Å². The summed E-state index contributed by atoms with van der Waals surface area (Å²) in [7, 11) is 2.00. The SMILES string of the molecule is CN1CCN(C(=O)/C=C/c2cc3ccccc3[nH]c2=O)CC1c1ccc(F)cc1. The fourth-order valence-electron chi connectivity index (χ4n) is 3.67. The molecule has 1 amide bonds. The second kappa shape index (κ2) is 8.01. The molecule has 0 saturated carbocycles. The van der Waals surface area contributed by atoms with Gasteiger partial charge in [0.25, 0.3) is 5.56 Å². The highest BCUT2D eigenvalue weighted by atomic mass is 19.1. The maximum Gasteiger partial charge on any atom is 0.255 e. The number of nitrogens with one attached hydrogen (secondary N) is 1. The lowest BCUT2D eigenvalue weighted by atomic mass is 10.0. The number of hydrogen-bond acceptors (Lipinski definition) is 3. The second-order valence-corrected chi connectivity index (χ2v) is 7.31. The van der Waals surface area contributed by atoms with Crippen molar-refractivity contribution in [1.82, 2.24) is 14.8 Å². The zero-order chi connectivity index (χ0) is 20.4. The number of rotatable bonds is 3. The molecule has 2 aromatic carbocycles. The first kappa shape index (κ1) is 19.1. The van der Waals surface area contributed by atoms with E-state index in [-0.39, 0.29) is 23.3 Å². The molecule has 1 fully saturated rings. The molecule has 1 aromatic heterocycles. The Labute approximate surface area is 168 Å². The van der Waals surface area contributed by atoms with Gasteiger partial charge in [-0.2, -0.15) is 0 Å². The van der Waals surface area contributed by atoms with E-state index < -0.39 is 0 Å². The number of benzene rings is 2. The summed E-state index contributed by atoms with van der Waals surface area (Å²) in [6.45, 7) is 1.84. The topological polar surface area (TPSA) is 56.4 Å². The molecule has 6 heteroatoms. The van der Waals surface area contributed by atoms with E-state index in [0.717, 1.165) is 23.0 Å². The van der Waals surface area contributed by atoms with Crippen LogP contribution < -0.4 is 5.56 Å². The monoisotopic (exact) mass is 391 g/mol. The molecule has 0 radical (unpaired) electrons. The van der Waals surface area contributed by atoms with Gasteiger partial charge in [-0.3, -0.25) is 14.5 Å². The largest absolute Gasteiger partial charge is 0.336 e. The van der Waals surface area contributed by atoms with Crippen molar-refractivity contribution >= 4 is 22.9 Å². The first-order chi connectivity index (χ1) is 14.0. The van der Waals surface area contributed by atoms with Gasteiger partial charge in [-0.05, 0) is 48.3 Å². The lowest BCUT2D eigenvalue weighted by molar-refractivity contribution is -0.128. The molecule has 2 heterocycles. The minimum Gasteiger partial charge on any atom is -0.336 e. The lowest BCUT2D eigenvalue weighted by Crippen LogP contribution is -2.48. The van der Waals surface area contributed by atoms with E-state index in [1.54, 1.807) is 29.2 Å². The van der Waals surface area contributed by atoms with Crippen molar-refractivity contribution in [3.05, 3.63) is 88.0 Å². The van der Waals surface area contributed by atoms with Crippen LogP contribution in [0.5, 0.6) is 0 Å². The molecule has 29 heavy (non-hydrogen) atoms. The number of aromatic amines is 1. The molecule has 5 nitrogen and oxygen atoms in total. The fraction of sp³-hybridized carbons (Fsp3) is 0.217. The summed E-state index contributed by atoms with van der Waals surface area (Å²) in [6.07, 6.45) is 3.02. The van der Waals surface area contributed by atoms with Gasteiger partial charge in [0.1, 0.15) is 5.82 Å². The van der Waals surface area contributed by atoms with Gasteiger partial charge in [0.2, 0.25) is 5.91 Å². The molecule has 1 saturated heterocycles. The molecular formula is C23H22FN3O2. The molecule has 1 aliphatic rings. The van der Waals surface area contributed by atoms with Crippen molar-refractivity contribution in [3.63, 3.8) is 0 Å². The molecule has 0 spiro atoms. The zero-order valence-electron chi connectivity index (χ0n) is 16.1. The van der Waals surface area contributed by atoms with E-state index in [1.807, 2.05) is 31.3 Å². The standard InChI is InChI=1S/C23H22FN3O2/c1-26-12-13-27(15-21(26)16-6-9-19(24)10-7-16)22(28)11-8-18-14-17-4-2-3-5-20(17)25-23(18)29/h2-11,14,21H,12-13,15H2,1H3,(H,25,29)/b11-8+. The summed E-state index contributed by atoms with van der Waals surface area (Å²) in [5.41, 5.74) is 1.96. The molecule has 1 atom stereocenters. The van der Waals surface area contributed by atoms with E-state index in [2.05, 4.69) is 9.88 Å². The van der Waals surface area contributed by atoms with Gasteiger partial charge in [0, 0.05) is 36.8 Å². The first-order valence-corrected chi connectivity index (χ1v) is 9.56. The van der Waals surface area contributed by atoms with Gasteiger partial charge >= 0.3 is 0 Å². The number of hydrogen-bond donors (Lipinski definition) is 1.